The topological polar surface area (TPSA) is 30.7 Å². The number of hydrogen-bond acceptors (Lipinski definition) is 2. The lowest BCUT2D eigenvalue weighted by Crippen LogP contribution is -2.18. The molecule has 0 N–H and O–H groups in total. The van der Waals surface area contributed by atoms with Gasteiger partial charge in [-0.3, -0.25) is 4.57 Å². The number of aromatic nitrogens is 3. The van der Waals surface area contributed by atoms with E-state index in [9.17, 15) is 13.2 Å². The van der Waals surface area contributed by atoms with Gasteiger partial charge >= 0.3 is 6.18 Å². The first-order chi connectivity index (χ1) is 10.7. The summed E-state index contributed by atoms with van der Waals surface area (Å²) in [6.07, 6.45) is -2.70. The average Bonchev–Trinajstić information content (AvgIpc) is 2.86. The van der Waals surface area contributed by atoms with Gasteiger partial charge in [-0.1, -0.05) is 20.8 Å². The van der Waals surface area contributed by atoms with Gasteiger partial charge in [0.25, 0.3) is 0 Å². The normalized spacial score (nSPS) is 12.8. The Morgan fingerprint density at radius 1 is 0.957 bits per heavy atom. The van der Waals surface area contributed by atoms with E-state index >= 15 is 0 Å². The number of imidazole rings is 1. The zero-order valence-corrected chi connectivity index (χ0v) is 13.0. The molecule has 0 radical (unpaired) electrons. The molecule has 0 fully saturated rings. The number of pyridine rings is 1. The van der Waals surface area contributed by atoms with Gasteiger partial charge in [0.1, 0.15) is 11.3 Å². The molecule has 23 heavy (non-hydrogen) atoms. The zero-order valence-electron chi connectivity index (χ0n) is 13.0. The van der Waals surface area contributed by atoms with Crippen LogP contribution in [0.1, 0.15) is 32.2 Å². The fourth-order valence-electron chi connectivity index (χ4n) is 2.46. The fourth-order valence-corrected chi connectivity index (χ4v) is 2.46. The lowest BCUT2D eigenvalue weighted by molar-refractivity contribution is -0.137. The number of alkyl halides is 3. The molecule has 2 heterocycles. The minimum Gasteiger partial charge on any atom is -0.280 e. The van der Waals surface area contributed by atoms with Crippen molar-refractivity contribution < 1.29 is 13.2 Å². The number of nitrogens with zero attached hydrogens (tertiary/aromatic N) is 3. The van der Waals surface area contributed by atoms with Crippen molar-refractivity contribution in [3.05, 3.63) is 54.0 Å². The van der Waals surface area contributed by atoms with E-state index < -0.39 is 11.7 Å². The van der Waals surface area contributed by atoms with Gasteiger partial charge in [-0.05, 0) is 36.4 Å². The predicted molar refractivity (Wildman–Crippen MR) is 82.6 cm³/mol. The molecule has 0 aliphatic heterocycles. The first kappa shape index (κ1) is 15.5. The maximum absolute atomic E-state index is 12.8. The molecule has 0 aliphatic carbocycles. The quantitative estimate of drug-likeness (QED) is 0.649. The average molecular weight is 319 g/mol. The maximum Gasteiger partial charge on any atom is 0.416 e. The molecule has 0 saturated heterocycles. The second-order valence-corrected chi connectivity index (χ2v) is 6.41. The molecule has 0 spiro atoms. The summed E-state index contributed by atoms with van der Waals surface area (Å²) in [6, 6.07) is 8.70. The summed E-state index contributed by atoms with van der Waals surface area (Å²) in [5.41, 5.74) is 1.03. The molecule has 2 aromatic heterocycles. The van der Waals surface area contributed by atoms with Crippen molar-refractivity contribution in [2.24, 2.45) is 0 Å². The highest BCUT2D eigenvalue weighted by molar-refractivity contribution is 5.74. The van der Waals surface area contributed by atoms with Crippen LogP contribution in [0.4, 0.5) is 13.2 Å². The van der Waals surface area contributed by atoms with Gasteiger partial charge in [-0.15, -0.1) is 0 Å². The van der Waals surface area contributed by atoms with Crippen LogP contribution in [0.5, 0.6) is 0 Å². The van der Waals surface area contributed by atoms with Crippen molar-refractivity contribution in [2.45, 2.75) is 32.4 Å². The molecule has 3 nitrogen and oxygen atoms in total. The number of halogens is 3. The number of fused-ring (bicyclic) bond motifs is 1. The Morgan fingerprint density at radius 2 is 1.61 bits per heavy atom. The van der Waals surface area contributed by atoms with Crippen LogP contribution in [0.3, 0.4) is 0 Å². The summed E-state index contributed by atoms with van der Waals surface area (Å²) in [5, 5.41) is 0. The molecule has 0 atom stereocenters. The Kier molecular flexibility index (Phi) is 3.43. The van der Waals surface area contributed by atoms with Crippen molar-refractivity contribution in [1.29, 1.82) is 0 Å². The van der Waals surface area contributed by atoms with E-state index in [0.29, 0.717) is 11.3 Å². The van der Waals surface area contributed by atoms with Gasteiger partial charge < -0.3 is 0 Å². The number of benzene rings is 1. The molecule has 0 amide bonds. The molecule has 0 bridgehead atoms. The molecular formula is C17H16F3N3. The smallest absolute Gasteiger partial charge is 0.280 e. The highest BCUT2D eigenvalue weighted by Crippen LogP contribution is 2.32. The van der Waals surface area contributed by atoms with Crippen LogP contribution >= 0.6 is 0 Å². The molecule has 3 aromatic rings. The summed E-state index contributed by atoms with van der Waals surface area (Å²) < 4.78 is 40.1. The lowest BCUT2D eigenvalue weighted by atomic mass is 9.95. The van der Waals surface area contributed by atoms with Crippen LogP contribution in [0, 0.1) is 0 Å². The van der Waals surface area contributed by atoms with Gasteiger partial charge in [0.15, 0.2) is 5.65 Å². The molecule has 0 saturated carbocycles. The van der Waals surface area contributed by atoms with E-state index in [1.807, 2.05) is 31.4 Å². The van der Waals surface area contributed by atoms with Crippen molar-refractivity contribution in [3.63, 3.8) is 0 Å². The Labute approximate surface area is 131 Å². The molecule has 120 valence electrons. The van der Waals surface area contributed by atoms with E-state index in [-0.39, 0.29) is 5.41 Å². The lowest BCUT2D eigenvalue weighted by Gasteiger charge is -2.20. The van der Waals surface area contributed by atoms with Gasteiger partial charge in [-0.2, -0.15) is 13.2 Å². The van der Waals surface area contributed by atoms with Crippen molar-refractivity contribution >= 4 is 11.2 Å². The van der Waals surface area contributed by atoms with Gasteiger partial charge in [0.05, 0.1) is 5.56 Å². The number of hydrogen-bond donors (Lipinski definition) is 0. The third-order valence-corrected chi connectivity index (χ3v) is 3.54. The SMILES string of the molecule is CC(C)(C)c1nc2cccnc2n1-c1ccc(C(F)(F)F)cc1. The van der Waals surface area contributed by atoms with E-state index in [1.54, 1.807) is 12.3 Å². The summed E-state index contributed by atoms with van der Waals surface area (Å²) in [6.45, 7) is 6.03. The monoisotopic (exact) mass is 319 g/mol. The maximum atomic E-state index is 12.8. The first-order valence-corrected chi connectivity index (χ1v) is 7.19. The first-order valence-electron chi connectivity index (χ1n) is 7.19. The van der Waals surface area contributed by atoms with Gasteiger partial charge in [0, 0.05) is 17.3 Å². The Morgan fingerprint density at radius 3 is 2.17 bits per heavy atom. The van der Waals surface area contributed by atoms with Crippen LogP contribution in [0.25, 0.3) is 16.9 Å². The summed E-state index contributed by atoms with van der Waals surface area (Å²) >= 11 is 0. The van der Waals surface area contributed by atoms with Crippen LogP contribution in [-0.2, 0) is 11.6 Å². The van der Waals surface area contributed by atoms with E-state index in [0.717, 1.165) is 23.5 Å². The molecular weight excluding hydrogens is 303 g/mol. The molecule has 0 aliphatic rings. The van der Waals surface area contributed by atoms with E-state index in [4.69, 9.17) is 0 Å². The molecule has 6 heteroatoms. The largest absolute Gasteiger partial charge is 0.416 e. The van der Waals surface area contributed by atoms with Crippen LogP contribution < -0.4 is 0 Å². The van der Waals surface area contributed by atoms with E-state index in [1.165, 1.54) is 12.1 Å². The third kappa shape index (κ3) is 2.81. The minimum atomic E-state index is -4.35. The van der Waals surface area contributed by atoms with Crippen LogP contribution in [0.2, 0.25) is 0 Å². The summed E-state index contributed by atoms with van der Waals surface area (Å²) in [7, 11) is 0. The highest BCUT2D eigenvalue weighted by Gasteiger charge is 2.30. The van der Waals surface area contributed by atoms with E-state index in [2.05, 4.69) is 9.97 Å². The standard InChI is InChI=1S/C17H16F3N3/c1-16(2,3)15-22-13-5-4-10-21-14(13)23(15)12-8-6-11(7-9-12)17(18,19)20/h4-10H,1-3H3. The molecule has 3 rings (SSSR count). The Balaban J connectivity index is 2.22. The second kappa shape index (κ2) is 5.08. The Hall–Kier alpha value is -2.37. The molecule has 1 aromatic carbocycles. The van der Waals surface area contributed by atoms with Crippen molar-refractivity contribution in [3.8, 4) is 5.69 Å². The van der Waals surface area contributed by atoms with Crippen LogP contribution in [0.15, 0.2) is 42.6 Å². The predicted octanol–water partition coefficient (Wildman–Crippen LogP) is 4.74. The summed E-state index contributed by atoms with van der Waals surface area (Å²) in [4.78, 5) is 8.95. The zero-order chi connectivity index (χ0) is 16.8. The van der Waals surface area contributed by atoms with Crippen LogP contribution in [-0.4, -0.2) is 14.5 Å². The van der Waals surface area contributed by atoms with Crippen molar-refractivity contribution in [1.82, 2.24) is 14.5 Å². The Bertz CT molecular complexity index is 840. The van der Waals surface area contributed by atoms with Gasteiger partial charge in [0.2, 0.25) is 0 Å². The van der Waals surface area contributed by atoms with Gasteiger partial charge in [-0.25, -0.2) is 9.97 Å². The molecule has 0 unspecified atom stereocenters. The highest BCUT2D eigenvalue weighted by atomic mass is 19.4. The third-order valence-electron chi connectivity index (χ3n) is 3.54. The van der Waals surface area contributed by atoms with Crippen molar-refractivity contribution in [2.75, 3.05) is 0 Å². The second-order valence-electron chi connectivity index (χ2n) is 6.41. The summed E-state index contributed by atoms with van der Waals surface area (Å²) in [5.74, 6) is 0.756. The number of rotatable bonds is 1. The fraction of sp³-hybridized carbons (Fsp3) is 0.294. The minimum absolute atomic E-state index is 0.274.